The Balaban J connectivity index is 1.98. The molecule has 1 heterocycles. The molecule has 1 aromatic rings. The number of nitrogens with one attached hydrogen (secondary N) is 2. The van der Waals surface area contributed by atoms with E-state index in [4.69, 9.17) is 5.84 Å². The van der Waals surface area contributed by atoms with Crippen molar-refractivity contribution in [3.63, 3.8) is 0 Å². The second-order valence-electron chi connectivity index (χ2n) is 5.30. The van der Waals surface area contributed by atoms with Gasteiger partial charge in [0.05, 0.1) is 0 Å². The van der Waals surface area contributed by atoms with E-state index in [0.717, 1.165) is 31.5 Å². The molecule has 1 aliphatic heterocycles. The van der Waals surface area contributed by atoms with Crippen LogP contribution in [0.3, 0.4) is 0 Å². The molecule has 0 aliphatic carbocycles. The van der Waals surface area contributed by atoms with Crippen molar-refractivity contribution >= 4 is 11.8 Å². The van der Waals surface area contributed by atoms with E-state index in [1.165, 1.54) is 0 Å². The van der Waals surface area contributed by atoms with Gasteiger partial charge in [-0.1, -0.05) is 18.2 Å². The highest BCUT2D eigenvalue weighted by Crippen LogP contribution is 2.20. The molecule has 0 aromatic heterocycles. The molecule has 0 atom stereocenters. The molecule has 0 saturated carbocycles. The summed E-state index contributed by atoms with van der Waals surface area (Å²) in [5.74, 6) is 5.17. The maximum absolute atomic E-state index is 11.7. The molecule has 1 saturated heterocycles. The molecule has 0 unspecified atom stereocenters. The summed E-state index contributed by atoms with van der Waals surface area (Å²) in [6.45, 7) is 2.41. The van der Waals surface area contributed by atoms with E-state index >= 15 is 0 Å². The average molecular weight is 290 g/mol. The monoisotopic (exact) mass is 290 g/mol. The fourth-order valence-corrected chi connectivity index (χ4v) is 2.76. The third kappa shape index (κ3) is 3.80. The molecular formula is C15H22N4O2. The highest BCUT2D eigenvalue weighted by molar-refractivity contribution is 5.95. The summed E-state index contributed by atoms with van der Waals surface area (Å²) < 4.78 is 0. The lowest BCUT2D eigenvalue weighted by molar-refractivity contribution is -0.125. The van der Waals surface area contributed by atoms with E-state index < -0.39 is 0 Å². The number of piperidine rings is 1. The predicted molar refractivity (Wildman–Crippen MR) is 80.2 cm³/mol. The van der Waals surface area contributed by atoms with Crippen LogP contribution in [0.25, 0.3) is 0 Å². The number of nitrogens with two attached hydrogens (primary N) is 1. The third-order valence-electron chi connectivity index (χ3n) is 3.99. The number of carbonyl (C=O) groups is 2. The molecule has 1 aliphatic rings. The van der Waals surface area contributed by atoms with Crippen LogP contribution in [0.2, 0.25) is 0 Å². The number of nitrogens with zero attached hydrogens (tertiary/aromatic N) is 1. The number of carbonyl (C=O) groups excluding carboxylic acids is 2. The van der Waals surface area contributed by atoms with Crippen LogP contribution in [0.1, 0.15) is 28.8 Å². The summed E-state index contributed by atoms with van der Waals surface area (Å²) in [6.07, 6.45) is 1.70. The molecule has 2 rings (SSSR count). The largest absolute Gasteiger partial charge is 0.359 e. The SMILES string of the molecule is CNC(=O)C1CCN(Cc2ccccc2C(=O)NN)CC1. The van der Waals surface area contributed by atoms with E-state index in [-0.39, 0.29) is 17.7 Å². The van der Waals surface area contributed by atoms with Crippen molar-refractivity contribution in [1.29, 1.82) is 0 Å². The van der Waals surface area contributed by atoms with Crippen LogP contribution in [0.5, 0.6) is 0 Å². The molecule has 1 fully saturated rings. The van der Waals surface area contributed by atoms with E-state index in [9.17, 15) is 9.59 Å². The second kappa shape index (κ2) is 7.19. The van der Waals surface area contributed by atoms with Gasteiger partial charge in [-0.05, 0) is 37.6 Å². The van der Waals surface area contributed by atoms with Crippen LogP contribution in [0, 0.1) is 5.92 Å². The first kappa shape index (κ1) is 15.5. The zero-order valence-electron chi connectivity index (χ0n) is 12.3. The Morgan fingerprint density at radius 1 is 1.29 bits per heavy atom. The number of nitrogen functional groups attached to an aromatic ring is 1. The van der Waals surface area contributed by atoms with Gasteiger partial charge in [0, 0.05) is 25.1 Å². The second-order valence-corrected chi connectivity index (χ2v) is 5.30. The number of hydrogen-bond acceptors (Lipinski definition) is 4. The highest BCUT2D eigenvalue weighted by Gasteiger charge is 2.24. The first-order chi connectivity index (χ1) is 10.2. The summed E-state index contributed by atoms with van der Waals surface area (Å²) >= 11 is 0. The zero-order valence-corrected chi connectivity index (χ0v) is 12.3. The molecule has 0 bridgehead atoms. The molecule has 6 nitrogen and oxygen atoms in total. The number of rotatable bonds is 4. The number of benzene rings is 1. The standard InChI is InChI=1S/C15H22N4O2/c1-17-14(20)11-6-8-19(9-7-11)10-12-4-2-3-5-13(12)15(21)18-16/h2-5,11H,6-10,16H2,1H3,(H,17,20)(H,18,21). The van der Waals surface area contributed by atoms with Gasteiger partial charge in [-0.15, -0.1) is 0 Å². The van der Waals surface area contributed by atoms with Gasteiger partial charge in [0.25, 0.3) is 5.91 Å². The van der Waals surface area contributed by atoms with Crippen molar-refractivity contribution in [1.82, 2.24) is 15.6 Å². The summed E-state index contributed by atoms with van der Waals surface area (Å²) in [4.78, 5) is 25.6. The molecule has 6 heteroatoms. The summed E-state index contributed by atoms with van der Waals surface area (Å²) in [5.41, 5.74) is 3.74. The zero-order chi connectivity index (χ0) is 15.2. The number of likely N-dealkylation sites (tertiary alicyclic amines) is 1. The molecule has 0 spiro atoms. The van der Waals surface area contributed by atoms with Crippen molar-refractivity contribution in [2.75, 3.05) is 20.1 Å². The van der Waals surface area contributed by atoms with Gasteiger partial charge in [-0.2, -0.15) is 0 Å². The lowest BCUT2D eigenvalue weighted by Crippen LogP contribution is -2.39. The van der Waals surface area contributed by atoms with Gasteiger partial charge < -0.3 is 5.32 Å². The minimum absolute atomic E-state index is 0.105. The Labute approximate surface area is 124 Å². The van der Waals surface area contributed by atoms with Crippen LogP contribution in [0.4, 0.5) is 0 Å². The van der Waals surface area contributed by atoms with Gasteiger partial charge in [0.15, 0.2) is 0 Å². The van der Waals surface area contributed by atoms with Gasteiger partial charge in [-0.3, -0.25) is 19.9 Å². The normalized spacial score (nSPS) is 16.5. The van der Waals surface area contributed by atoms with E-state index in [1.807, 2.05) is 18.2 Å². The van der Waals surface area contributed by atoms with Crippen molar-refractivity contribution in [2.45, 2.75) is 19.4 Å². The Morgan fingerprint density at radius 2 is 1.95 bits per heavy atom. The molecule has 21 heavy (non-hydrogen) atoms. The van der Waals surface area contributed by atoms with Crippen LogP contribution >= 0.6 is 0 Å². The van der Waals surface area contributed by atoms with Crippen LogP contribution < -0.4 is 16.6 Å². The Morgan fingerprint density at radius 3 is 2.57 bits per heavy atom. The fourth-order valence-electron chi connectivity index (χ4n) is 2.76. The average Bonchev–Trinajstić information content (AvgIpc) is 2.54. The third-order valence-corrected chi connectivity index (χ3v) is 3.99. The topological polar surface area (TPSA) is 87.5 Å². The minimum atomic E-state index is -0.272. The van der Waals surface area contributed by atoms with Crippen LogP contribution in [0.15, 0.2) is 24.3 Å². The fraction of sp³-hybridized carbons (Fsp3) is 0.467. The Hall–Kier alpha value is -1.92. The molecule has 1 aromatic carbocycles. The van der Waals surface area contributed by atoms with E-state index in [2.05, 4.69) is 15.6 Å². The lowest BCUT2D eigenvalue weighted by Gasteiger charge is -2.31. The predicted octanol–water partition coefficient (Wildman–Crippen LogP) is 0.248. The maximum Gasteiger partial charge on any atom is 0.265 e. The van der Waals surface area contributed by atoms with Gasteiger partial charge in [-0.25, -0.2) is 5.84 Å². The molecule has 0 radical (unpaired) electrons. The maximum atomic E-state index is 11.7. The molecule has 114 valence electrons. The number of hydrazine groups is 1. The summed E-state index contributed by atoms with van der Waals surface area (Å²) in [5, 5.41) is 2.71. The Bertz CT molecular complexity index is 510. The smallest absolute Gasteiger partial charge is 0.265 e. The van der Waals surface area contributed by atoms with Crippen molar-refractivity contribution in [3.8, 4) is 0 Å². The van der Waals surface area contributed by atoms with Gasteiger partial charge in [0.1, 0.15) is 0 Å². The lowest BCUT2D eigenvalue weighted by atomic mass is 9.95. The highest BCUT2D eigenvalue weighted by atomic mass is 16.2. The Kier molecular flexibility index (Phi) is 5.30. The van der Waals surface area contributed by atoms with E-state index in [0.29, 0.717) is 12.1 Å². The van der Waals surface area contributed by atoms with Crippen molar-refractivity contribution in [3.05, 3.63) is 35.4 Å². The first-order valence-electron chi connectivity index (χ1n) is 7.18. The summed E-state index contributed by atoms with van der Waals surface area (Å²) in [7, 11) is 1.68. The van der Waals surface area contributed by atoms with Crippen LogP contribution in [-0.2, 0) is 11.3 Å². The van der Waals surface area contributed by atoms with Crippen molar-refractivity contribution in [2.24, 2.45) is 11.8 Å². The minimum Gasteiger partial charge on any atom is -0.359 e. The van der Waals surface area contributed by atoms with Gasteiger partial charge in [0.2, 0.25) is 5.91 Å². The van der Waals surface area contributed by atoms with Crippen molar-refractivity contribution < 1.29 is 9.59 Å². The van der Waals surface area contributed by atoms with E-state index in [1.54, 1.807) is 13.1 Å². The van der Waals surface area contributed by atoms with Crippen LogP contribution in [-0.4, -0.2) is 36.9 Å². The molecular weight excluding hydrogens is 268 g/mol. The number of hydrogen-bond donors (Lipinski definition) is 3. The summed E-state index contributed by atoms with van der Waals surface area (Å²) in [6, 6.07) is 7.45. The molecule has 4 N–H and O–H groups in total. The quantitative estimate of drug-likeness (QED) is 0.421. The molecule has 2 amide bonds. The number of amides is 2. The first-order valence-corrected chi connectivity index (χ1v) is 7.18. The van der Waals surface area contributed by atoms with Gasteiger partial charge >= 0.3 is 0 Å².